The Labute approximate surface area is 58.6 Å². The Kier molecular flexibility index (Phi) is 1.04. The largest absolute Gasteiger partial charge is 0.311 e. The molecule has 1 atom stereocenters. The lowest BCUT2D eigenvalue weighted by Crippen LogP contribution is -2.24. The lowest BCUT2D eigenvalue weighted by Gasteiger charge is -2.00. The van der Waals surface area contributed by atoms with E-state index in [0.717, 1.165) is 0 Å². The van der Waals surface area contributed by atoms with Crippen LogP contribution in [0.3, 0.4) is 0 Å². The molecule has 1 unspecified atom stereocenters. The zero-order valence-corrected chi connectivity index (χ0v) is 5.92. The van der Waals surface area contributed by atoms with Crippen LogP contribution in [0.25, 0.3) is 0 Å². The van der Waals surface area contributed by atoms with Gasteiger partial charge in [-0.2, -0.15) is 5.26 Å². The van der Waals surface area contributed by atoms with Gasteiger partial charge in [0.05, 0.1) is 5.41 Å². The predicted molar refractivity (Wildman–Crippen MR) is 33.7 cm³/mol. The first-order chi connectivity index (χ1) is 4.46. The van der Waals surface area contributed by atoms with E-state index in [2.05, 4.69) is 0 Å². The molecule has 4 heteroatoms. The fraction of sp³-hybridized carbons (Fsp3) is 0.833. The van der Waals surface area contributed by atoms with Crippen molar-refractivity contribution >= 4 is 0 Å². The highest BCUT2D eigenvalue weighted by Gasteiger charge is 2.74. The molecule has 0 aliphatic heterocycles. The number of hydrogen-bond donors (Lipinski definition) is 0. The normalized spacial score (nSPS) is 34.5. The second-order valence-corrected chi connectivity index (χ2v) is 3.29. The molecule has 1 fully saturated rings. The van der Waals surface area contributed by atoms with Crippen LogP contribution in [0, 0.1) is 26.9 Å². The average Bonchev–Trinajstić information content (AvgIpc) is 2.35. The van der Waals surface area contributed by atoms with Crippen LogP contribution in [0.15, 0.2) is 0 Å². The number of nitro groups is 1. The van der Waals surface area contributed by atoms with Crippen LogP contribution in [0.2, 0.25) is 0 Å². The molecule has 0 saturated heterocycles. The molecule has 0 aromatic rings. The number of nitriles is 1. The van der Waals surface area contributed by atoms with Crippen LogP contribution in [0.4, 0.5) is 0 Å². The first-order valence-electron chi connectivity index (χ1n) is 3.02. The van der Waals surface area contributed by atoms with Crippen molar-refractivity contribution in [3.63, 3.8) is 0 Å². The molecule has 0 radical (unpaired) electrons. The Bertz CT molecular complexity index is 228. The second-order valence-electron chi connectivity index (χ2n) is 3.29. The highest BCUT2D eigenvalue weighted by Crippen LogP contribution is 2.57. The lowest BCUT2D eigenvalue weighted by molar-refractivity contribution is -0.529. The summed E-state index contributed by atoms with van der Waals surface area (Å²) in [4.78, 5) is 9.83. The zero-order chi connectivity index (χ0) is 7.99. The molecule has 1 aliphatic rings. The van der Waals surface area contributed by atoms with Crippen molar-refractivity contribution < 1.29 is 4.92 Å². The highest BCUT2D eigenvalue weighted by atomic mass is 16.6. The summed E-state index contributed by atoms with van der Waals surface area (Å²) >= 11 is 0. The Morgan fingerprint density at radius 1 is 1.70 bits per heavy atom. The van der Waals surface area contributed by atoms with Crippen LogP contribution in [-0.2, 0) is 0 Å². The van der Waals surface area contributed by atoms with Gasteiger partial charge in [0, 0.05) is 11.3 Å². The van der Waals surface area contributed by atoms with Gasteiger partial charge in [-0.1, -0.05) is 13.8 Å². The molecule has 1 rings (SSSR count). The molecule has 0 aromatic carbocycles. The van der Waals surface area contributed by atoms with Gasteiger partial charge in [-0.15, -0.1) is 0 Å². The maximum absolute atomic E-state index is 10.3. The van der Waals surface area contributed by atoms with Gasteiger partial charge in [0.25, 0.3) is 0 Å². The van der Waals surface area contributed by atoms with E-state index < -0.39 is 15.9 Å². The van der Waals surface area contributed by atoms with Crippen molar-refractivity contribution in [2.24, 2.45) is 5.41 Å². The molecule has 4 nitrogen and oxygen atoms in total. The van der Waals surface area contributed by atoms with Crippen molar-refractivity contribution in [2.45, 2.75) is 25.8 Å². The third-order valence-corrected chi connectivity index (χ3v) is 2.19. The lowest BCUT2D eigenvalue weighted by atomic mass is 10.1. The Morgan fingerprint density at radius 3 is 2.10 bits per heavy atom. The quantitative estimate of drug-likeness (QED) is 0.402. The molecular weight excluding hydrogens is 132 g/mol. The summed E-state index contributed by atoms with van der Waals surface area (Å²) in [6.07, 6.45) is 0.378. The fourth-order valence-electron chi connectivity index (χ4n) is 1.14. The molecule has 0 amide bonds. The first kappa shape index (κ1) is 7.00. The van der Waals surface area contributed by atoms with E-state index in [0.29, 0.717) is 6.42 Å². The van der Waals surface area contributed by atoms with Gasteiger partial charge in [-0.05, 0) is 0 Å². The van der Waals surface area contributed by atoms with Crippen molar-refractivity contribution in [2.75, 3.05) is 0 Å². The standard InChI is InChI=1S/C6H8N2O2/c1-5(2)3-6(5,4-7)8(9)10/h3H2,1-2H3. The molecule has 0 aromatic heterocycles. The molecule has 0 N–H and O–H groups in total. The van der Waals surface area contributed by atoms with Crippen molar-refractivity contribution in [1.29, 1.82) is 5.26 Å². The molecule has 54 valence electrons. The summed E-state index contributed by atoms with van der Waals surface area (Å²) < 4.78 is 0. The van der Waals surface area contributed by atoms with Crippen LogP contribution in [-0.4, -0.2) is 10.5 Å². The molecule has 0 heterocycles. The van der Waals surface area contributed by atoms with E-state index >= 15 is 0 Å². The van der Waals surface area contributed by atoms with Crippen LogP contribution in [0.5, 0.6) is 0 Å². The first-order valence-corrected chi connectivity index (χ1v) is 3.02. The topological polar surface area (TPSA) is 66.9 Å². The summed E-state index contributed by atoms with van der Waals surface area (Å²) in [5.74, 6) is 0. The van der Waals surface area contributed by atoms with Gasteiger partial charge in [-0.25, -0.2) is 0 Å². The van der Waals surface area contributed by atoms with Crippen molar-refractivity contribution in [1.82, 2.24) is 0 Å². The predicted octanol–water partition coefficient (Wildman–Crippen LogP) is 0.955. The van der Waals surface area contributed by atoms with Crippen LogP contribution < -0.4 is 0 Å². The average molecular weight is 140 g/mol. The third kappa shape index (κ3) is 0.548. The van der Waals surface area contributed by atoms with E-state index in [1.165, 1.54) is 0 Å². The van der Waals surface area contributed by atoms with Gasteiger partial charge >= 0.3 is 5.54 Å². The number of nitrogens with zero attached hydrogens (tertiary/aromatic N) is 2. The smallest absolute Gasteiger partial charge is 0.263 e. The monoisotopic (exact) mass is 140 g/mol. The van der Waals surface area contributed by atoms with E-state index in [1.54, 1.807) is 19.9 Å². The molecule has 1 aliphatic carbocycles. The molecule has 0 spiro atoms. The highest BCUT2D eigenvalue weighted by molar-refractivity contribution is 5.24. The zero-order valence-electron chi connectivity index (χ0n) is 5.92. The SMILES string of the molecule is CC1(C)CC1(C#N)[N+](=O)[O-]. The Balaban J connectivity index is 2.92. The summed E-state index contributed by atoms with van der Waals surface area (Å²) in [5.41, 5.74) is -1.71. The summed E-state index contributed by atoms with van der Waals surface area (Å²) in [5, 5.41) is 18.8. The van der Waals surface area contributed by atoms with Crippen molar-refractivity contribution in [3.8, 4) is 6.07 Å². The fourth-order valence-corrected chi connectivity index (χ4v) is 1.14. The van der Waals surface area contributed by atoms with Crippen molar-refractivity contribution in [3.05, 3.63) is 10.1 Å². The summed E-state index contributed by atoms with van der Waals surface area (Å²) in [6.45, 7) is 3.47. The Morgan fingerprint density at radius 2 is 2.10 bits per heavy atom. The van der Waals surface area contributed by atoms with Gasteiger partial charge < -0.3 is 0 Å². The number of rotatable bonds is 1. The van der Waals surface area contributed by atoms with Gasteiger partial charge in [0.1, 0.15) is 6.07 Å². The number of hydrogen-bond acceptors (Lipinski definition) is 3. The Hall–Kier alpha value is -1.11. The van der Waals surface area contributed by atoms with Crippen LogP contribution >= 0.6 is 0 Å². The molecule has 1 saturated carbocycles. The van der Waals surface area contributed by atoms with E-state index in [4.69, 9.17) is 5.26 Å². The maximum Gasteiger partial charge on any atom is 0.311 e. The minimum Gasteiger partial charge on any atom is -0.263 e. The minimum atomic E-state index is -1.28. The summed E-state index contributed by atoms with van der Waals surface area (Å²) in [7, 11) is 0. The van der Waals surface area contributed by atoms with Gasteiger partial charge in [-0.3, -0.25) is 10.1 Å². The van der Waals surface area contributed by atoms with Crippen LogP contribution in [0.1, 0.15) is 20.3 Å². The molecule has 0 bridgehead atoms. The summed E-state index contributed by atoms with van der Waals surface area (Å²) in [6, 6.07) is 1.74. The second kappa shape index (κ2) is 1.48. The third-order valence-electron chi connectivity index (χ3n) is 2.19. The molecule has 10 heavy (non-hydrogen) atoms. The maximum atomic E-state index is 10.3. The minimum absolute atomic E-state index is 0.378. The van der Waals surface area contributed by atoms with E-state index in [-0.39, 0.29) is 0 Å². The molecular formula is C6H8N2O2. The van der Waals surface area contributed by atoms with Gasteiger partial charge in [0.15, 0.2) is 0 Å². The van der Waals surface area contributed by atoms with E-state index in [9.17, 15) is 10.1 Å². The van der Waals surface area contributed by atoms with Gasteiger partial charge in [0.2, 0.25) is 0 Å². The van der Waals surface area contributed by atoms with E-state index in [1.807, 2.05) is 0 Å².